The zero-order valence-electron chi connectivity index (χ0n) is 13.3. The second kappa shape index (κ2) is 7.18. The molecule has 0 spiro atoms. The molecule has 0 bridgehead atoms. The van der Waals surface area contributed by atoms with Gasteiger partial charge in [0.05, 0.1) is 23.1 Å². The number of carbonyl (C=O) groups is 1. The van der Waals surface area contributed by atoms with Gasteiger partial charge in [-0.3, -0.25) is 0 Å². The van der Waals surface area contributed by atoms with Crippen LogP contribution in [0.3, 0.4) is 0 Å². The van der Waals surface area contributed by atoms with Gasteiger partial charge in [-0.25, -0.2) is 24.4 Å². The number of urea groups is 1. The van der Waals surface area contributed by atoms with Gasteiger partial charge in [0.1, 0.15) is 0 Å². The van der Waals surface area contributed by atoms with Crippen LogP contribution in [0, 0.1) is 6.92 Å². The average Bonchev–Trinajstić information content (AvgIpc) is 3.23. The summed E-state index contributed by atoms with van der Waals surface area (Å²) in [5, 5.41) is 12.7. The molecule has 0 aliphatic carbocycles. The number of hydrogen-bond donors (Lipinski definition) is 2. The number of rotatable bonds is 5. The molecule has 0 aliphatic rings. The third kappa shape index (κ3) is 3.93. The van der Waals surface area contributed by atoms with E-state index in [4.69, 9.17) is 0 Å². The molecule has 3 rings (SSSR count). The van der Waals surface area contributed by atoms with Gasteiger partial charge in [0, 0.05) is 35.9 Å². The van der Waals surface area contributed by atoms with E-state index in [1.165, 1.54) is 4.68 Å². The van der Waals surface area contributed by atoms with E-state index in [9.17, 15) is 4.79 Å². The number of aryl methyl sites for hydroxylation is 1. The zero-order valence-corrected chi connectivity index (χ0v) is 14.1. The molecule has 8 nitrogen and oxygen atoms in total. The van der Waals surface area contributed by atoms with Crippen molar-refractivity contribution < 1.29 is 4.79 Å². The lowest BCUT2D eigenvalue weighted by Gasteiger charge is -2.10. The summed E-state index contributed by atoms with van der Waals surface area (Å²) < 4.78 is 1.50. The highest BCUT2D eigenvalue weighted by molar-refractivity contribution is 7.09. The standard InChI is InChI=1S/C15H17N7OS/c1-10(13-20-11(2)9-24-13)6-18-15(23)21-12-7-19-22(8-12)14-16-4-3-5-17-14/h3-5,7-10H,6H2,1-2H3,(H2,18,21,23)/t10-/m1/s1. The molecule has 2 amide bonds. The molecule has 0 fully saturated rings. The van der Waals surface area contributed by atoms with Crippen LogP contribution in [0.5, 0.6) is 0 Å². The topological polar surface area (TPSA) is 97.6 Å². The summed E-state index contributed by atoms with van der Waals surface area (Å²) in [5.41, 5.74) is 1.57. The van der Waals surface area contributed by atoms with Crippen molar-refractivity contribution in [1.82, 2.24) is 30.0 Å². The van der Waals surface area contributed by atoms with Gasteiger partial charge >= 0.3 is 6.03 Å². The Bertz CT molecular complexity index is 814. The molecule has 0 aliphatic heterocycles. The van der Waals surface area contributed by atoms with E-state index in [1.807, 2.05) is 19.2 Å². The van der Waals surface area contributed by atoms with E-state index in [0.29, 0.717) is 18.2 Å². The van der Waals surface area contributed by atoms with E-state index in [1.54, 1.807) is 42.2 Å². The number of hydrogen-bond acceptors (Lipinski definition) is 6. The van der Waals surface area contributed by atoms with Crippen molar-refractivity contribution in [2.45, 2.75) is 19.8 Å². The van der Waals surface area contributed by atoms with Crippen LogP contribution in [0.25, 0.3) is 5.95 Å². The number of aromatic nitrogens is 5. The second-order valence-corrected chi connectivity index (χ2v) is 6.18. The third-order valence-corrected chi connectivity index (χ3v) is 4.42. The number of nitrogens with one attached hydrogen (secondary N) is 2. The molecule has 3 aromatic rings. The minimum absolute atomic E-state index is 0.162. The SMILES string of the molecule is Cc1csc([C@H](C)CNC(=O)Nc2cnn(-c3ncccn3)c2)n1. The highest BCUT2D eigenvalue weighted by Crippen LogP contribution is 2.18. The molecule has 0 radical (unpaired) electrons. The molecule has 3 aromatic heterocycles. The van der Waals surface area contributed by atoms with Gasteiger partial charge in [-0.2, -0.15) is 5.10 Å². The molecule has 0 saturated carbocycles. The smallest absolute Gasteiger partial charge is 0.319 e. The molecule has 124 valence electrons. The van der Waals surface area contributed by atoms with Crippen molar-refractivity contribution in [2.75, 3.05) is 11.9 Å². The predicted octanol–water partition coefficient (Wildman–Crippen LogP) is 2.35. The first-order valence-electron chi connectivity index (χ1n) is 7.41. The molecule has 0 saturated heterocycles. The quantitative estimate of drug-likeness (QED) is 0.741. The Hall–Kier alpha value is -2.81. The molecule has 2 N–H and O–H groups in total. The average molecular weight is 343 g/mol. The Labute approximate surface area is 143 Å². The van der Waals surface area contributed by atoms with Crippen LogP contribution in [-0.4, -0.2) is 37.3 Å². The number of nitrogens with zero attached hydrogens (tertiary/aromatic N) is 5. The van der Waals surface area contributed by atoms with Crippen molar-refractivity contribution in [2.24, 2.45) is 0 Å². The van der Waals surface area contributed by atoms with Crippen molar-refractivity contribution in [1.29, 1.82) is 0 Å². The molecular weight excluding hydrogens is 326 g/mol. The maximum atomic E-state index is 12.0. The summed E-state index contributed by atoms with van der Waals surface area (Å²) in [6, 6.07) is 1.44. The Morgan fingerprint density at radius 2 is 2.17 bits per heavy atom. The van der Waals surface area contributed by atoms with Gasteiger partial charge in [-0.1, -0.05) is 6.92 Å². The summed E-state index contributed by atoms with van der Waals surface area (Å²) >= 11 is 1.60. The lowest BCUT2D eigenvalue weighted by atomic mass is 10.2. The van der Waals surface area contributed by atoms with E-state index in [-0.39, 0.29) is 11.9 Å². The fraction of sp³-hybridized carbons (Fsp3) is 0.267. The summed E-state index contributed by atoms with van der Waals surface area (Å²) in [4.78, 5) is 24.6. The summed E-state index contributed by atoms with van der Waals surface area (Å²) in [6.45, 7) is 4.50. The van der Waals surface area contributed by atoms with Crippen molar-refractivity contribution in [3.63, 3.8) is 0 Å². The number of thiazole rings is 1. The van der Waals surface area contributed by atoms with E-state index < -0.39 is 0 Å². The predicted molar refractivity (Wildman–Crippen MR) is 91.4 cm³/mol. The zero-order chi connectivity index (χ0) is 16.9. The largest absolute Gasteiger partial charge is 0.337 e. The van der Waals surface area contributed by atoms with E-state index >= 15 is 0 Å². The Balaban J connectivity index is 1.53. The summed E-state index contributed by atoms with van der Waals surface area (Å²) in [6.07, 6.45) is 6.46. The van der Waals surface area contributed by atoms with Crippen LogP contribution >= 0.6 is 11.3 Å². The fourth-order valence-corrected chi connectivity index (χ4v) is 2.87. The lowest BCUT2D eigenvalue weighted by molar-refractivity contribution is 0.251. The second-order valence-electron chi connectivity index (χ2n) is 5.29. The molecule has 24 heavy (non-hydrogen) atoms. The molecule has 1 atom stereocenters. The van der Waals surface area contributed by atoms with Gasteiger partial charge < -0.3 is 10.6 Å². The molecule has 0 aromatic carbocycles. The van der Waals surface area contributed by atoms with Crippen LogP contribution in [0.2, 0.25) is 0 Å². The van der Waals surface area contributed by atoms with Gasteiger partial charge in [0.15, 0.2) is 0 Å². The first-order chi connectivity index (χ1) is 11.6. The van der Waals surface area contributed by atoms with Crippen molar-refractivity contribution in [3.8, 4) is 5.95 Å². The van der Waals surface area contributed by atoms with Crippen LogP contribution in [0.1, 0.15) is 23.5 Å². The lowest BCUT2D eigenvalue weighted by Crippen LogP contribution is -2.31. The normalized spacial score (nSPS) is 11.9. The maximum Gasteiger partial charge on any atom is 0.319 e. The molecular formula is C15H17N7OS. The van der Waals surface area contributed by atoms with Gasteiger partial charge in [0.2, 0.25) is 5.95 Å². The first kappa shape index (κ1) is 16.1. The Morgan fingerprint density at radius 1 is 1.38 bits per heavy atom. The van der Waals surface area contributed by atoms with Crippen molar-refractivity contribution in [3.05, 3.63) is 46.9 Å². The van der Waals surface area contributed by atoms with E-state index in [2.05, 4.69) is 30.7 Å². The van der Waals surface area contributed by atoms with Gasteiger partial charge in [-0.05, 0) is 13.0 Å². The number of anilines is 1. The summed E-state index contributed by atoms with van der Waals surface area (Å²) in [7, 11) is 0. The minimum Gasteiger partial charge on any atom is -0.337 e. The molecule has 9 heteroatoms. The number of amides is 2. The maximum absolute atomic E-state index is 12.0. The van der Waals surface area contributed by atoms with Crippen LogP contribution in [-0.2, 0) is 0 Å². The third-order valence-electron chi connectivity index (χ3n) is 3.22. The fourth-order valence-electron chi connectivity index (χ4n) is 2.01. The molecule has 3 heterocycles. The van der Waals surface area contributed by atoms with Gasteiger partial charge in [-0.15, -0.1) is 11.3 Å². The van der Waals surface area contributed by atoms with Gasteiger partial charge in [0.25, 0.3) is 0 Å². The monoisotopic (exact) mass is 343 g/mol. The Morgan fingerprint density at radius 3 is 2.88 bits per heavy atom. The minimum atomic E-state index is -0.288. The highest BCUT2D eigenvalue weighted by atomic mass is 32.1. The van der Waals surface area contributed by atoms with Crippen LogP contribution in [0.15, 0.2) is 36.2 Å². The number of carbonyl (C=O) groups excluding carboxylic acids is 1. The first-order valence-corrected chi connectivity index (χ1v) is 8.28. The Kier molecular flexibility index (Phi) is 4.80. The van der Waals surface area contributed by atoms with E-state index in [0.717, 1.165) is 10.7 Å². The van der Waals surface area contributed by atoms with Crippen molar-refractivity contribution >= 4 is 23.1 Å². The van der Waals surface area contributed by atoms with Crippen LogP contribution < -0.4 is 10.6 Å². The molecule has 0 unspecified atom stereocenters. The summed E-state index contributed by atoms with van der Waals surface area (Å²) in [5.74, 6) is 0.605. The highest BCUT2D eigenvalue weighted by Gasteiger charge is 2.12. The van der Waals surface area contributed by atoms with Crippen LogP contribution in [0.4, 0.5) is 10.5 Å².